The second-order valence-corrected chi connectivity index (χ2v) is 7.54. The molecule has 5 nitrogen and oxygen atoms in total. The largest absolute Gasteiger partial charge is 0.389 e. The van der Waals surface area contributed by atoms with Crippen molar-refractivity contribution in [3.8, 4) is 0 Å². The summed E-state index contributed by atoms with van der Waals surface area (Å²) in [5, 5.41) is 10.7. The smallest absolute Gasteiger partial charge is 0.225 e. The standard InChI is InChI=1S/C17H33N3O2/c1-14(2)18-7-5-17(22,6-8-18)13-16(21)20-11-9-19(10-12-20)15(3)4/h14-15,22H,5-13H2,1-4H3. The van der Waals surface area contributed by atoms with Gasteiger partial charge in [-0.2, -0.15) is 0 Å². The van der Waals surface area contributed by atoms with Crippen molar-refractivity contribution in [2.24, 2.45) is 0 Å². The fraction of sp³-hybridized carbons (Fsp3) is 0.941. The van der Waals surface area contributed by atoms with E-state index in [1.807, 2.05) is 4.90 Å². The first-order valence-electron chi connectivity index (χ1n) is 8.79. The number of piperazine rings is 1. The highest BCUT2D eigenvalue weighted by atomic mass is 16.3. The zero-order chi connectivity index (χ0) is 16.3. The van der Waals surface area contributed by atoms with Gasteiger partial charge < -0.3 is 14.9 Å². The molecule has 0 aromatic heterocycles. The van der Waals surface area contributed by atoms with Crippen LogP contribution in [-0.2, 0) is 4.79 Å². The summed E-state index contributed by atoms with van der Waals surface area (Å²) < 4.78 is 0. The van der Waals surface area contributed by atoms with Crippen LogP contribution in [0.25, 0.3) is 0 Å². The zero-order valence-corrected chi connectivity index (χ0v) is 14.7. The lowest BCUT2D eigenvalue weighted by molar-refractivity contribution is -0.140. The van der Waals surface area contributed by atoms with Crippen LogP contribution in [0.1, 0.15) is 47.0 Å². The Kier molecular flexibility index (Phi) is 5.86. The minimum atomic E-state index is -0.794. The molecular formula is C17H33N3O2. The number of amides is 1. The third kappa shape index (κ3) is 4.43. The molecule has 0 unspecified atom stereocenters. The van der Waals surface area contributed by atoms with E-state index in [2.05, 4.69) is 37.5 Å². The average Bonchev–Trinajstić information content (AvgIpc) is 2.47. The predicted octanol–water partition coefficient (Wildman–Crippen LogP) is 1.16. The normalized spacial score (nSPS) is 24.2. The van der Waals surface area contributed by atoms with Crippen molar-refractivity contribution in [1.82, 2.24) is 14.7 Å². The Morgan fingerprint density at radius 3 is 1.82 bits per heavy atom. The molecule has 0 saturated carbocycles. The first-order chi connectivity index (χ1) is 10.3. The molecule has 1 amide bonds. The molecule has 2 rings (SSSR count). The molecule has 0 aromatic carbocycles. The van der Waals surface area contributed by atoms with Crippen LogP contribution in [-0.4, -0.2) is 82.7 Å². The lowest BCUT2D eigenvalue weighted by Crippen LogP contribution is -2.53. The first kappa shape index (κ1) is 17.7. The van der Waals surface area contributed by atoms with Crippen molar-refractivity contribution in [1.29, 1.82) is 0 Å². The van der Waals surface area contributed by atoms with Crippen LogP contribution in [0.5, 0.6) is 0 Å². The Labute approximate surface area is 135 Å². The molecule has 22 heavy (non-hydrogen) atoms. The quantitative estimate of drug-likeness (QED) is 0.846. The van der Waals surface area contributed by atoms with Gasteiger partial charge in [-0.05, 0) is 40.5 Å². The third-order valence-electron chi connectivity index (χ3n) is 5.34. The Morgan fingerprint density at radius 2 is 1.36 bits per heavy atom. The van der Waals surface area contributed by atoms with Gasteiger partial charge in [0.2, 0.25) is 5.91 Å². The summed E-state index contributed by atoms with van der Waals surface area (Å²) in [5.41, 5.74) is -0.794. The molecule has 0 atom stereocenters. The second-order valence-electron chi connectivity index (χ2n) is 7.54. The van der Waals surface area contributed by atoms with Gasteiger partial charge in [-0.1, -0.05) is 0 Å². The summed E-state index contributed by atoms with van der Waals surface area (Å²) in [6, 6.07) is 1.06. The van der Waals surface area contributed by atoms with Gasteiger partial charge in [0.1, 0.15) is 0 Å². The summed E-state index contributed by atoms with van der Waals surface area (Å²) in [6.07, 6.45) is 1.71. The number of carbonyl (C=O) groups excluding carboxylic acids is 1. The van der Waals surface area contributed by atoms with Crippen molar-refractivity contribution in [3.05, 3.63) is 0 Å². The van der Waals surface area contributed by atoms with Crippen LogP contribution in [0, 0.1) is 0 Å². The summed E-state index contributed by atoms with van der Waals surface area (Å²) in [6.45, 7) is 14.0. The highest BCUT2D eigenvalue weighted by molar-refractivity contribution is 5.77. The molecule has 0 radical (unpaired) electrons. The summed E-state index contributed by atoms with van der Waals surface area (Å²) >= 11 is 0. The van der Waals surface area contributed by atoms with E-state index in [0.717, 1.165) is 39.3 Å². The maximum Gasteiger partial charge on any atom is 0.225 e. The Balaban J connectivity index is 1.80. The van der Waals surface area contributed by atoms with E-state index < -0.39 is 5.60 Å². The molecule has 0 aromatic rings. The van der Waals surface area contributed by atoms with Gasteiger partial charge in [-0.3, -0.25) is 9.69 Å². The van der Waals surface area contributed by atoms with Crippen molar-refractivity contribution >= 4 is 5.91 Å². The molecule has 0 spiro atoms. The average molecular weight is 311 g/mol. The number of rotatable bonds is 4. The summed E-state index contributed by atoms with van der Waals surface area (Å²) in [5.74, 6) is 0.129. The molecule has 2 aliphatic heterocycles. The molecule has 2 saturated heterocycles. The van der Waals surface area contributed by atoms with Gasteiger partial charge in [-0.15, -0.1) is 0 Å². The van der Waals surface area contributed by atoms with Crippen LogP contribution in [0.2, 0.25) is 0 Å². The highest BCUT2D eigenvalue weighted by Crippen LogP contribution is 2.27. The molecule has 0 aliphatic carbocycles. The lowest BCUT2D eigenvalue weighted by atomic mass is 9.87. The number of nitrogens with zero attached hydrogens (tertiary/aromatic N) is 3. The van der Waals surface area contributed by atoms with Gasteiger partial charge in [0.15, 0.2) is 0 Å². The number of carbonyl (C=O) groups is 1. The van der Waals surface area contributed by atoms with E-state index in [1.165, 1.54) is 0 Å². The Hall–Kier alpha value is -0.650. The van der Waals surface area contributed by atoms with E-state index in [0.29, 0.717) is 31.3 Å². The first-order valence-corrected chi connectivity index (χ1v) is 8.79. The maximum atomic E-state index is 12.5. The van der Waals surface area contributed by atoms with E-state index in [4.69, 9.17) is 0 Å². The van der Waals surface area contributed by atoms with Crippen LogP contribution in [0.4, 0.5) is 0 Å². The van der Waals surface area contributed by atoms with E-state index in [9.17, 15) is 9.90 Å². The van der Waals surface area contributed by atoms with Crippen LogP contribution in [0.15, 0.2) is 0 Å². The zero-order valence-electron chi connectivity index (χ0n) is 14.7. The van der Waals surface area contributed by atoms with Gasteiger partial charge in [0.25, 0.3) is 0 Å². The molecule has 2 heterocycles. The number of piperidine rings is 1. The molecular weight excluding hydrogens is 278 g/mol. The lowest BCUT2D eigenvalue weighted by Gasteiger charge is -2.42. The van der Waals surface area contributed by atoms with E-state index >= 15 is 0 Å². The minimum Gasteiger partial charge on any atom is -0.389 e. The third-order valence-corrected chi connectivity index (χ3v) is 5.34. The monoisotopic (exact) mass is 311 g/mol. The maximum absolute atomic E-state index is 12.5. The summed E-state index contributed by atoms with van der Waals surface area (Å²) in [7, 11) is 0. The number of likely N-dealkylation sites (tertiary alicyclic amines) is 1. The van der Waals surface area contributed by atoms with Crippen molar-refractivity contribution < 1.29 is 9.90 Å². The molecule has 2 fully saturated rings. The van der Waals surface area contributed by atoms with Gasteiger partial charge in [0.05, 0.1) is 12.0 Å². The Morgan fingerprint density at radius 1 is 0.909 bits per heavy atom. The molecule has 1 N–H and O–H groups in total. The van der Waals surface area contributed by atoms with E-state index in [1.54, 1.807) is 0 Å². The number of aliphatic hydroxyl groups is 1. The molecule has 0 bridgehead atoms. The van der Waals surface area contributed by atoms with Gasteiger partial charge in [-0.25, -0.2) is 0 Å². The second kappa shape index (κ2) is 7.28. The fourth-order valence-electron chi connectivity index (χ4n) is 3.51. The molecule has 2 aliphatic rings. The number of hydrogen-bond donors (Lipinski definition) is 1. The minimum absolute atomic E-state index is 0.129. The predicted molar refractivity (Wildman–Crippen MR) is 88.8 cm³/mol. The fourth-order valence-corrected chi connectivity index (χ4v) is 3.51. The van der Waals surface area contributed by atoms with Crippen LogP contribution < -0.4 is 0 Å². The number of hydrogen-bond acceptors (Lipinski definition) is 4. The summed E-state index contributed by atoms with van der Waals surface area (Å²) in [4.78, 5) is 19.2. The van der Waals surface area contributed by atoms with Gasteiger partial charge >= 0.3 is 0 Å². The van der Waals surface area contributed by atoms with Crippen molar-refractivity contribution in [2.45, 2.75) is 64.6 Å². The van der Waals surface area contributed by atoms with Crippen LogP contribution in [0.3, 0.4) is 0 Å². The van der Waals surface area contributed by atoms with Crippen molar-refractivity contribution in [2.75, 3.05) is 39.3 Å². The van der Waals surface area contributed by atoms with Gasteiger partial charge in [0, 0.05) is 51.4 Å². The van der Waals surface area contributed by atoms with Crippen LogP contribution >= 0.6 is 0 Å². The molecule has 5 heteroatoms. The highest BCUT2D eigenvalue weighted by Gasteiger charge is 2.36. The van der Waals surface area contributed by atoms with Crippen molar-refractivity contribution in [3.63, 3.8) is 0 Å². The van der Waals surface area contributed by atoms with E-state index in [-0.39, 0.29) is 5.91 Å². The topological polar surface area (TPSA) is 47.0 Å². The Bertz CT molecular complexity index is 368. The SMILES string of the molecule is CC(C)N1CCN(C(=O)CC2(O)CCN(C(C)C)CC2)CC1. The molecule has 128 valence electrons.